The van der Waals surface area contributed by atoms with Crippen LogP contribution in [0, 0.1) is 0 Å². The number of nitrogens with one attached hydrogen (secondary N) is 1. The SMILES string of the molecule is N[C@H]1CCN(C2CC(=O)NC2=O)C1. The molecular weight excluding hydrogens is 170 g/mol. The van der Waals surface area contributed by atoms with Gasteiger partial charge in [0.2, 0.25) is 11.8 Å². The van der Waals surface area contributed by atoms with Crippen molar-refractivity contribution < 1.29 is 9.59 Å². The molecule has 2 amide bonds. The van der Waals surface area contributed by atoms with Gasteiger partial charge in [0.25, 0.3) is 0 Å². The maximum absolute atomic E-state index is 11.3. The summed E-state index contributed by atoms with van der Waals surface area (Å²) < 4.78 is 0. The van der Waals surface area contributed by atoms with Crippen molar-refractivity contribution in [2.24, 2.45) is 5.73 Å². The maximum Gasteiger partial charge on any atom is 0.244 e. The molecule has 72 valence electrons. The Balaban J connectivity index is 2.01. The number of nitrogens with two attached hydrogens (primary N) is 1. The van der Waals surface area contributed by atoms with Gasteiger partial charge in [0, 0.05) is 19.1 Å². The lowest BCUT2D eigenvalue weighted by Crippen LogP contribution is -2.40. The van der Waals surface area contributed by atoms with Gasteiger partial charge in [-0.1, -0.05) is 0 Å². The van der Waals surface area contributed by atoms with Crippen LogP contribution in [-0.2, 0) is 9.59 Å². The number of carbonyl (C=O) groups excluding carboxylic acids is 2. The summed E-state index contributed by atoms with van der Waals surface area (Å²) in [6, 6.07) is -0.107. The van der Waals surface area contributed by atoms with Gasteiger partial charge in [-0.05, 0) is 6.42 Å². The number of imide groups is 1. The van der Waals surface area contributed by atoms with Gasteiger partial charge in [-0.25, -0.2) is 0 Å². The maximum atomic E-state index is 11.3. The highest BCUT2D eigenvalue weighted by Gasteiger charge is 2.37. The molecule has 0 aromatic heterocycles. The number of hydrogen-bond acceptors (Lipinski definition) is 4. The summed E-state index contributed by atoms with van der Waals surface area (Å²) >= 11 is 0. The van der Waals surface area contributed by atoms with Crippen molar-refractivity contribution in [3.8, 4) is 0 Å². The van der Waals surface area contributed by atoms with E-state index in [1.54, 1.807) is 0 Å². The van der Waals surface area contributed by atoms with Crippen LogP contribution in [0.1, 0.15) is 12.8 Å². The minimum absolute atomic E-state index is 0.156. The summed E-state index contributed by atoms with van der Waals surface area (Å²) in [5, 5.41) is 2.30. The van der Waals surface area contributed by atoms with Crippen LogP contribution in [0.25, 0.3) is 0 Å². The third-order valence-corrected chi connectivity index (χ3v) is 2.64. The largest absolute Gasteiger partial charge is 0.326 e. The lowest BCUT2D eigenvalue weighted by molar-refractivity contribution is -0.126. The first-order valence-corrected chi connectivity index (χ1v) is 4.50. The van der Waals surface area contributed by atoms with Crippen LogP contribution in [-0.4, -0.2) is 41.9 Å². The molecule has 0 aliphatic carbocycles. The minimum Gasteiger partial charge on any atom is -0.326 e. The van der Waals surface area contributed by atoms with Crippen LogP contribution in [0.2, 0.25) is 0 Å². The second-order valence-electron chi connectivity index (χ2n) is 3.68. The first kappa shape index (κ1) is 8.65. The summed E-state index contributed by atoms with van der Waals surface area (Å²) in [4.78, 5) is 24.2. The van der Waals surface area contributed by atoms with Gasteiger partial charge in [-0.3, -0.25) is 19.8 Å². The smallest absolute Gasteiger partial charge is 0.244 e. The Morgan fingerprint density at radius 2 is 2.23 bits per heavy atom. The van der Waals surface area contributed by atoms with E-state index in [1.807, 2.05) is 4.90 Å². The van der Waals surface area contributed by atoms with Crippen LogP contribution in [0.15, 0.2) is 0 Å². The van der Waals surface area contributed by atoms with Gasteiger partial charge >= 0.3 is 0 Å². The van der Waals surface area contributed by atoms with Crippen LogP contribution >= 0.6 is 0 Å². The van der Waals surface area contributed by atoms with Gasteiger partial charge in [-0.2, -0.15) is 0 Å². The second kappa shape index (κ2) is 3.08. The molecule has 3 N–H and O–H groups in total. The molecule has 2 saturated heterocycles. The molecule has 2 atom stereocenters. The van der Waals surface area contributed by atoms with E-state index in [2.05, 4.69) is 5.32 Å². The van der Waals surface area contributed by atoms with Crippen LogP contribution in [0.4, 0.5) is 0 Å². The third-order valence-electron chi connectivity index (χ3n) is 2.64. The zero-order valence-corrected chi connectivity index (χ0v) is 7.32. The Morgan fingerprint density at radius 1 is 1.46 bits per heavy atom. The number of carbonyl (C=O) groups is 2. The molecule has 0 aromatic carbocycles. The summed E-state index contributed by atoms with van der Waals surface area (Å²) in [5.41, 5.74) is 5.71. The van der Waals surface area contributed by atoms with Gasteiger partial charge in [-0.15, -0.1) is 0 Å². The van der Waals surface area contributed by atoms with Crippen LogP contribution in [0.3, 0.4) is 0 Å². The van der Waals surface area contributed by atoms with E-state index in [1.165, 1.54) is 0 Å². The zero-order chi connectivity index (χ0) is 9.42. The monoisotopic (exact) mass is 183 g/mol. The van der Waals surface area contributed by atoms with Crippen molar-refractivity contribution in [3.63, 3.8) is 0 Å². The minimum atomic E-state index is -0.263. The Kier molecular flexibility index (Phi) is 2.05. The predicted octanol–water partition coefficient (Wildman–Crippen LogP) is -1.57. The van der Waals surface area contributed by atoms with Gasteiger partial charge in [0.05, 0.1) is 12.5 Å². The number of nitrogens with zero attached hydrogens (tertiary/aromatic N) is 1. The molecule has 5 nitrogen and oxygen atoms in total. The molecule has 2 aliphatic heterocycles. The second-order valence-corrected chi connectivity index (χ2v) is 3.68. The molecule has 0 bridgehead atoms. The fourth-order valence-electron chi connectivity index (χ4n) is 1.93. The number of rotatable bonds is 1. The van der Waals surface area contributed by atoms with E-state index in [0.29, 0.717) is 6.42 Å². The number of amides is 2. The van der Waals surface area contributed by atoms with Crippen LogP contribution < -0.4 is 11.1 Å². The van der Waals surface area contributed by atoms with Crippen molar-refractivity contribution in [1.29, 1.82) is 0 Å². The number of hydrogen-bond donors (Lipinski definition) is 2. The molecule has 2 rings (SSSR count). The van der Waals surface area contributed by atoms with Crippen molar-refractivity contribution in [2.45, 2.75) is 24.9 Å². The lowest BCUT2D eigenvalue weighted by atomic mass is 10.2. The summed E-state index contributed by atoms with van der Waals surface area (Å²) in [6.07, 6.45) is 1.21. The summed E-state index contributed by atoms with van der Waals surface area (Å²) in [7, 11) is 0. The third kappa shape index (κ3) is 1.57. The molecule has 13 heavy (non-hydrogen) atoms. The Morgan fingerprint density at radius 3 is 2.69 bits per heavy atom. The fourth-order valence-corrected chi connectivity index (χ4v) is 1.93. The highest BCUT2D eigenvalue weighted by molar-refractivity contribution is 6.05. The number of likely N-dealkylation sites (tertiary alicyclic amines) is 1. The molecule has 1 unspecified atom stereocenters. The first-order valence-electron chi connectivity index (χ1n) is 4.50. The molecule has 0 spiro atoms. The Bertz CT molecular complexity index is 254. The molecule has 0 aromatic rings. The lowest BCUT2D eigenvalue weighted by Gasteiger charge is -2.19. The van der Waals surface area contributed by atoms with Gasteiger partial charge < -0.3 is 5.73 Å². The van der Waals surface area contributed by atoms with E-state index in [0.717, 1.165) is 19.5 Å². The molecule has 5 heteroatoms. The summed E-state index contributed by atoms with van der Waals surface area (Å²) in [6.45, 7) is 1.55. The quantitative estimate of drug-likeness (QED) is 0.482. The van der Waals surface area contributed by atoms with Crippen molar-refractivity contribution >= 4 is 11.8 Å². The van der Waals surface area contributed by atoms with Gasteiger partial charge in [0.1, 0.15) is 0 Å². The average molecular weight is 183 g/mol. The highest BCUT2D eigenvalue weighted by atomic mass is 16.2. The summed E-state index contributed by atoms with van der Waals surface area (Å²) in [5.74, 6) is -0.338. The van der Waals surface area contributed by atoms with Crippen molar-refractivity contribution in [2.75, 3.05) is 13.1 Å². The standard InChI is InChI=1S/C8H13N3O2/c9-5-1-2-11(4-5)6-3-7(12)10-8(6)13/h5-6H,1-4,9H2,(H,10,12,13)/t5-,6?/m0/s1. The van der Waals surface area contributed by atoms with E-state index >= 15 is 0 Å². The van der Waals surface area contributed by atoms with Crippen LogP contribution in [0.5, 0.6) is 0 Å². The molecule has 2 fully saturated rings. The molecule has 0 saturated carbocycles. The Labute approximate surface area is 76.3 Å². The fraction of sp³-hybridized carbons (Fsp3) is 0.750. The van der Waals surface area contributed by atoms with E-state index < -0.39 is 0 Å². The molecule has 2 heterocycles. The van der Waals surface area contributed by atoms with Gasteiger partial charge in [0.15, 0.2) is 0 Å². The molecular formula is C8H13N3O2. The average Bonchev–Trinajstić information content (AvgIpc) is 2.58. The van der Waals surface area contributed by atoms with E-state index in [4.69, 9.17) is 5.73 Å². The topological polar surface area (TPSA) is 75.4 Å². The normalized spacial score (nSPS) is 35.5. The predicted molar refractivity (Wildman–Crippen MR) is 45.7 cm³/mol. The van der Waals surface area contributed by atoms with Crippen molar-refractivity contribution in [1.82, 2.24) is 10.2 Å². The Hall–Kier alpha value is -0.940. The first-order chi connectivity index (χ1) is 6.16. The van der Waals surface area contributed by atoms with E-state index in [-0.39, 0.29) is 23.9 Å². The molecule has 0 radical (unpaired) electrons. The molecule has 2 aliphatic rings. The highest BCUT2D eigenvalue weighted by Crippen LogP contribution is 2.16. The van der Waals surface area contributed by atoms with E-state index in [9.17, 15) is 9.59 Å². The van der Waals surface area contributed by atoms with Crippen molar-refractivity contribution in [3.05, 3.63) is 0 Å². The zero-order valence-electron chi connectivity index (χ0n) is 7.32.